The van der Waals surface area contributed by atoms with Crippen LogP contribution in [0.1, 0.15) is 22.6 Å². The van der Waals surface area contributed by atoms with Crippen molar-refractivity contribution in [3.05, 3.63) is 83.2 Å². The molecule has 3 nitrogen and oxygen atoms in total. The maximum absolute atomic E-state index is 9.89. The molecule has 3 aromatic carbocycles. The zero-order valence-corrected chi connectivity index (χ0v) is 18.2. The van der Waals surface area contributed by atoms with Gasteiger partial charge >= 0.3 is 0 Å². The minimum Gasteiger partial charge on any atom is -0.505 e. The summed E-state index contributed by atoms with van der Waals surface area (Å²) < 4.78 is 0. The van der Waals surface area contributed by atoms with Gasteiger partial charge in [0.05, 0.1) is 30.1 Å². The van der Waals surface area contributed by atoms with Crippen LogP contribution in [0, 0.1) is 0 Å². The van der Waals surface area contributed by atoms with Crippen molar-refractivity contribution in [2.75, 3.05) is 0 Å². The minimum absolute atomic E-state index is 0.0412. The van der Waals surface area contributed by atoms with Gasteiger partial charge in [0.1, 0.15) is 0 Å². The Morgan fingerprint density at radius 2 is 0.607 bits per heavy atom. The largest absolute Gasteiger partial charge is 0.505 e. The second-order valence-electron chi connectivity index (χ2n) is 5.93. The molecule has 0 fully saturated rings. The fourth-order valence-electron chi connectivity index (χ4n) is 2.83. The fourth-order valence-corrected chi connectivity index (χ4v) is 4.34. The van der Waals surface area contributed by atoms with Crippen molar-refractivity contribution in [3.63, 3.8) is 0 Å². The van der Waals surface area contributed by atoms with Crippen molar-refractivity contribution in [2.24, 2.45) is 0 Å². The van der Waals surface area contributed by atoms with Gasteiger partial charge in [-0.2, -0.15) is 0 Å². The van der Waals surface area contributed by atoms with Crippen LogP contribution in [0.25, 0.3) is 0 Å². The van der Waals surface area contributed by atoms with E-state index in [0.717, 1.165) is 0 Å². The van der Waals surface area contributed by atoms with Gasteiger partial charge in [0.25, 0.3) is 0 Å². The second kappa shape index (κ2) is 8.27. The van der Waals surface area contributed by atoms with Crippen molar-refractivity contribution in [1.82, 2.24) is 0 Å². The van der Waals surface area contributed by atoms with E-state index >= 15 is 0 Å². The highest BCUT2D eigenvalue weighted by Gasteiger charge is 2.23. The summed E-state index contributed by atoms with van der Waals surface area (Å²) in [5.74, 6) is -1.35. The highest BCUT2D eigenvalue weighted by Crippen LogP contribution is 2.45. The molecule has 3 rings (SSSR count). The first-order valence-corrected chi connectivity index (χ1v) is 9.90. The van der Waals surface area contributed by atoms with Gasteiger partial charge in [-0.25, -0.2) is 0 Å². The Bertz CT molecular complexity index is 878. The summed E-state index contributed by atoms with van der Waals surface area (Å²) in [6, 6.07) is 9.15. The SMILES string of the molecule is Oc1c(Cl)cc(C(c2cc(Cl)c(O)c(Cl)c2)c2cc(Cl)c(O)c(Cl)c2)cc1Cl. The summed E-state index contributed by atoms with van der Waals surface area (Å²) in [5, 5.41) is 29.9. The van der Waals surface area contributed by atoms with E-state index < -0.39 is 5.92 Å². The van der Waals surface area contributed by atoms with E-state index in [9.17, 15) is 15.3 Å². The average molecular weight is 499 g/mol. The maximum atomic E-state index is 9.89. The molecule has 0 saturated heterocycles. The molecule has 0 spiro atoms. The fraction of sp³-hybridized carbons (Fsp3) is 0.0526. The lowest BCUT2D eigenvalue weighted by Gasteiger charge is -2.22. The smallest absolute Gasteiger partial charge is 0.152 e. The molecule has 0 saturated carbocycles. The predicted molar refractivity (Wildman–Crippen MR) is 115 cm³/mol. The lowest BCUT2D eigenvalue weighted by Crippen LogP contribution is -2.04. The van der Waals surface area contributed by atoms with Crippen molar-refractivity contribution in [1.29, 1.82) is 0 Å². The van der Waals surface area contributed by atoms with Gasteiger partial charge in [-0.1, -0.05) is 69.6 Å². The highest BCUT2D eigenvalue weighted by molar-refractivity contribution is 6.38. The molecule has 0 heterocycles. The van der Waals surface area contributed by atoms with E-state index in [-0.39, 0.29) is 47.4 Å². The Morgan fingerprint density at radius 3 is 0.786 bits per heavy atom. The third-order valence-electron chi connectivity index (χ3n) is 4.12. The zero-order chi connectivity index (χ0) is 20.7. The van der Waals surface area contributed by atoms with E-state index in [1.54, 1.807) is 0 Å². The molecular formula is C19H10Cl6O3. The molecule has 0 unspecified atom stereocenters. The molecule has 3 N–H and O–H groups in total. The van der Waals surface area contributed by atoms with Crippen LogP contribution in [-0.4, -0.2) is 15.3 Å². The standard InChI is InChI=1S/C19H10Cl6O3/c20-10-1-7(2-11(21)17(10)26)16(8-3-12(22)18(27)13(23)4-8)9-5-14(24)19(28)15(25)6-9/h1-6,16,26-28H. The van der Waals surface area contributed by atoms with Crippen LogP contribution in [-0.2, 0) is 0 Å². The Kier molecular flexibility index (Phi) is 6.35. The summed E-state index contributed by atoms with van der Waals surface area (Å²) in [4.78, 5) is 0. The van der Waals surface area contributed by atoms with E-state index in [1.807, 2.05) is 0 Å². The second-order valence-corrected chi connectivity index (χ2v) is 8.38. The van der Waals surface area contributed by atoms with Crippen LogP contribution in [0.5, 0.6) is 17.2 Å². The zero-order valence-electron chi connectivity index (χ0n) is 13.7. The third-order valence-corrected chi connectivity index (χ3v) is 5.85. The summed E-state index contributed by atoms with van der Waals surface area (Å²) in [6.07, 6.45) is 0. The van der Waals surface area contributed by atoms with Gasteiger partial charge in [-0.3, -0.25) is 0 Å². The first-order valence-electron chi connectivity index (χ1n) is 7.63. The van der Waals surface area contributed by atoms with Crippen LogP contribution in [0.4, 0.5) is 0 Å². The molecule has 146 valence electrons. The quantitative estimate of drug-likeness (QED) is 0.321. The monoisotopic (exact) mass is 496 g/mol. The van der Waals surface area contributed by atoms with E-state index in [0.29, 0.717) is 16.7 Å². The van der Waals surface area contributed by atoms with Crippen LogP contribution < -0.4 is 0 Å². The Hall–Kier alpha value is -1.20. The molecule has 28 heavy (non-hydrogen) atoms. The summed E-state index contributed by atoms with van der Waals surface area (Å²) in [7, 11) is 0. The van der Waals surface area contributed by atoms with E-state index in [4.69, 9.17) is 69.6 Å². The molecule has 3 aromatic rings. The molecule has 0 aliphatic heterocycles. The first kappa shape index (κ1) is 21.5. The number of aromatic hydroxyl groups is 3. The maximum Gasteiger partial charge on any atom is 0.152 e. The van der Waals surface area contributed by atoms with E-state index in [2.05, 4.69) is 0 Å². The number of hydrogen-bond donors (Lipinski definition) is 3. The van der Waals surface area contributed by atoms with Gasteiger partial charge in [-0.15, -0.1) is 0 Å². The molecule has 0 aliphatic carbocycles. The normalized spacial score (nSPS) is 11.2. The molecule has 0 bridgehead atoms. The van der Waals surface area contributed by atoms with Gasteiger partial charge in [0, 0.05) is 5.92 Å². The number of benzene rings is 3. The minimum atomic E-state index is -0.582. The van der Waals surface area contributed by atoms with E-state index in [1.165, 1.54) is 36.4 Å². The molecule has 0 aliphatic rings. The number of hydrogen-bond acceptors (Lipinski definition) is 3. The summed E-state index contributed by atoms with van der Waals surface area (Å²) >= 11 is 36.6. The Labute approximate surface area is 190 Å². The molecule has 0 radical (unpaired) electrons. The lowest BCUT2D eigenvalue weighted by atomic mass is 9.85. The Balaban J connectivity index is 2.32. The molecule has 0 atom stereocenters. The van der Waals surface area contributed by atoms with Gasteiger partial charge in [-0.05, 0) is 53.1 Å². The van der Waals surface area contributed by atoms with Crippen LogP contribution in [0.15, 0.2) is 36.4 Å². The van der Waals surface area contributed by atoms with Gasteiger partial charge in [0.15, 0.2) is 17.2 Å². The predicted octanol–water partition coefficient (Wildman–Crippen LogP) is 7.90. The van der Waals surface area contributed by atoms with Gasteiger partial charge in [0.2, 0.25) is 0 Å². The van der Waals surface area contributed by atoms with Crippen LogP contribution in [0.3, 0.4) is 0 Å². The third kappa shape index (κ3) is 4.06. The van der Waals surface area contributed by atoms with Crippen LogP contribution in [0.2, 0.25) is 30.1 Å². The van der Waals surface area contributed by atoms with Crippen molar-refractivity contribution in [3.8, 4) is 17.2 Å². The lowest BCUT2D eigenvalue weighted by molar-refractivity contribution is 0.475. The molecule has 0 aromatic heterocycles. The molecular weight excluding hydrogens is 489 g/mol. The summed E-state index contributed by atoms with van der Waals surface area (Å²) in [5.41, 5.74) is 1.72. The number of rotatable bonds is 3. The topological polar surface area (TPSA) is 60.7 Å². The number of halogens is 6. The first-order chi connectivity index (χ1) is 13.1. The molecule has 9 heteroatoms. The summed E-state index contributed by atoms with van der Waals surface area (Å²) in [6.45, 7) is 0. The Morgan fingerprint density at radius 1 is 0.429 bits per heavy atom. The average Bonchev–Trinajstić information content (AvgIpc) is 2.62. The van der Waals surface area contributed by atoms with Crippen LogP contribution >= 0.6 is 69.6 Å². The van der Waals surface area contributed by atoms with Gasteiger partial charge < -0.3 is 15.3 Å². The van der Waals surface area contributed by atoms with Crippen molar-refractivity contribution >= 4 is 69.6 Å². The number of phenols is 3. The van der Waals surface area contributed by atoms with Crippen molar-refractivity contribution in [2.45, 2.75) is 5.92 Å². The molecule has 0 amide bonds. The number of phenolic OH excluding ortho intramolecular Hbond substituents is 3. The van der Waals surface area contributed by atoms with Crippen molar-refractivity contribution < 1.29 is 15.3 Å². The highest BCUT2D eigenvalue weighted by atomic mass is 35.5.